The summed E-state index contributed by atoms with van der Waals surface area (Å²) in [5, 5.41) is 0. The highest BCUT2D eigenvalue weighted by molar-refractivity contribution is 7.85. The molecule has 7 nitrogen and oxygen atoms in total. The Balaban J connectivity index is 1.95. The normalized spacial score (nSPS) is 10.8. The van der Waals surface area contributed by atoms with Crippen LogP contribution in [0.15, 0.2) is 53.9 Å². The Kier molecular flexibility index (Phi) is 6.37. The molecule has 0 amide bonds. The van der Waals surface area contributed by atoms with E-state index in [1.54, 1.807) is 24.3 Å². The zero-order chi connectivity index (χ0) is 19.2. The van der Waals surface area contributed by atoms with Crippen molar-refractivity contribution >= 4 is 22.2 Å². The Labute approximate surface area is 151 Å². The van der Waals surface area contributed by atoms with Gasteiger partial charge in [-0.15, -0.1) is 0 Å². The summed E-state index contributed by atoms with van der Waals surface area (Å²) in [5.74, 6) is 0.203. The van der Waals surface area contributed by atoms with Crippen molar-refractivity contribution in [3.05, 3.63) is 60.2 Å². The van der Waals surface area contributed by atoms with Crippen LogP contribution in [-0.2, 0) is 14.9 Å². The fourth-order valence-electron chi connectivity index (χ4n) is 2.08. The first-order chi connectivity index (χ1) is 12.3. The minimum Gasteiger partial charge on any atom is -0.744 e. The molecule has 2 rings (SSSR count). The second kappa shape index (κ2) is 8.50. The second-order valence-corrected chi connectivity index (χ2v) is 6.45. The summed E-state index contributed by atoms with van der Waals surface area (Å²) in [6.45, 7) is 3.93. The van der Waals surface area contributed by atoms with E-state index in [0.717, 1.165) is 5.56 Å². The highest BCUT2D eigenvalue weighted by atomic mass is 32.2. The maximum Gasteiger partial charge on any atom is 0.341 e. The number of hydrogen-bond donors (Lipinski definition) is 0. The van der Waals surface area contributed by atoms with Crippen LogP contribution in [0.3, 0.4) is 0 Å². The monoisotopic (exact) mass is 377 g/mol. The molecule has 2 aromatic carbocycles. The third-order valence-electron chi connectivity index (χ3n) is 3.37. The first-order valence-electron chi connectivity index (χ1n) is 7.51. The molecule has 0 N–H and O–H groups in total. The lowest BCUT2D eigenvalue weighted by atomic mass is 10.1. The van der Waals surface area contributed by atoms with E-state index in [2.05, 4.69) is 6.58 Å². The Morgan fingerprint density at radius 1 is 1.12 bits per heavy atom. The summed E-state index contributed by atoms with van der Waals surface area (Å²) in [6, 6.07) is 10.1. The predicted molar refractivity (Wildman–Crippen MR) is 93.3 cm³/mol. The molecule has 0 aliphatic heterocycles. The molecule has 0 fully saturated rings. The van der Waals surface area contributed by atoms with Crippen molar-refractivity contribution in [1.29, 1.82) is 0 Å². The molecule has 0 saturated carbocycles. The van der Waals surface area contributed by atoms with E-state index in [1.165, 1.54) is 31.4 Å². The molecule has 0 saturated heterocycles. The van der Waals surface area contributed by atoms with Gasteiger partial charge in [0.15, 0.2) is 0 Å². The zero-order valence-corrected chi connectivity index (χ0v) is 14.8. The summed E-state index contributed by atoms with van der Waals surface area (Å²) in [6.07, 6.45) is 1.60. The second-order valence-electron chi connectivity index (χ2n) is 5.07. The molecule has 0 aromatic heterocycles. The SMILES string of the molecule is C=Cc1ccc(OCCOc2ccc(S(=O)(=O)[O-])cc2)c(C(=O)OC)c1. The summed E-state index contributed by atoms with van der Waals surface area (Å²) in [7, 11) is -3.20. The van der Waals surface area contributed by atoms with Crippen LogP contribution in [0.2, 0.25) is 0 Å². The number of carbonyl (C=O) groups is 1. The largest absolute Gasteiger partial charge is 0.744 e. The van der Waals surface area contributed by atoms with E-state index < -0.39 is 16.1 Å². The third kappa shape index (κ3) is 5.08. The number of rotatable bonds is 8. The average molecular weight is 377 g/mol. The Morgan fingerprint density at radius 2 is 1.77 bits per heavy atom. The van der Waals surface area contributed by atoms with Gasteiger partial charge >= 0.3 is 5.97 Å². The molecule has 0 radical (unpaired) electrons. The lowest BCUT2D eigenvalue weighted by Crippen LogP contribution is -2.12. The van der Waals surface area contributed by atoms with E-state index in [9.17, 15) is 17.8 Å². The smallest absolute Gasteiger partial charge is 0.341 e. The van der Waals surface area contributed by atoms with Gasteiger partial charge in [-0.3, -0.25) is 0 Å². The number of ether oxygens (including phenoxy) is 3. The summed E-state index contributed by atoms with van der Waals surface area (Å²) < 4.78 is 48.3. The lowest BCUT2D eigenvalue weighted by molar-refractivity contribution is 0.0595. The maximum absolute atomic E-state index is 11.8. The molecule has 0 bridgehead atoms. The number of methoxy groups -OCH3 is 1. The molecular formula is C18H17O7S-. The van der Waals surface area contributed by atoms with Crippen LogP contribution in [0.25, 0.3) is 6.08 Å². The van der Waals surface area contributed by atoms with Gasteiger partial charge in [0, 0.05) is 0 Å². The van der Waals surface area contributed by atoms with Crippen LogP contribution in [0.1, 0.15) is 15.9 Å². The van der Waals surface area contributed by atoms with Gasteiger partial charge in [-0.2, -0.15) is 0 Å². The van der Waals surface area contributed by atoms with E-state index in [-0.39, 0.29) is 23.7 Å². The lowest BCUT2D eigenvalue weighted by Gasteiger charge is -2.12. The van der Waals surface area contributed by atoms with E-state index in [0.29, 0.717) is 11.5 Å². The van der Waals surface area contributed by atoms with Gasteiger partial charge in [0.05, 0.1) is 12.0 Å². The molecule has 0 atom stereocenters. The van der Waals surface area contributed by atoms with Gasteiger partial charge in [-0.1, -0.05) is 18.7 Å². The van der Waals surface area contributed by atoms with Gasteiger partial charge < -0.3 is 18.8 Å². The highest BCUT2D eigenvalue weighted by Gasteiger charge is 2.13. The molecular weight excluding hydrogens is 360 g/mol. The third-order valence-corrected chi connectivity index (χ3v) is 4.22. The molecule has 26 heavy (non-hydrogen) atoms. The molecule has 0 aliphatic carbocycles. The summed E-state index contributed by atoms with van der Waals surface area (Å²) in [5.41, 5.74) is 1.03. The highest BCUT2D eigenvalue weighted by Crippen LogP contribution is 2.22. The molecule has 8 heteroatoms. The maximum atomic E-state index is 11.8. The van der Waals surface area contributed by atoms with E-state index >= 15 is 0 Å². The predicted octanol–water partition coefficient (Wildman–Crippen LogP) is 2.48. The van der Waals surface area contributed by atoms with Crippen LogP contribution in [-0.4, -0.2) is 39.3 Å². The zero-order valence-electron chi connectivity index (χ0n) is 14.0. The Bertz CT molecular complexity index is 886. The van der Waals surface area contributed by atoms with Crippen molar-refractivity contribution in [3.8, 4) is 11.5 Å². The quantitative estimate of drug-likeness (QED) is 0.395. The van der Waals surface area contributed by atoms with Crippen molar-refractivity contribution < 1.29 is 32.0 Å². The van der Waals surface area contributed by atoms with Crippen LogP contribution in [0.4, 0.5) is 0 Å². The van der Waals surface area contributed by atoms with Gasteiger partial charge in [-0.05, 0) is 42.0 Å². The molecule has 0 spiro atoms. The van der Waals surface area contributed by atoms with Crippen molar-refractivity contribution in [3.63, 3.8) is 0 Å². The van der Waals surface area contributed by atoms with Gasteiger partial charge in [-0.25, -0.2) is 13.2 Å². The minimum atomic E-state index is -4.48. The molecule has 0 heterocycles. The van der Waals surface area contributed by atoms with Crippen molar-refractivity contribution in [2.75, 3.05) is 20.3 Å². The molecule has 0 unspecified atom stereocenters. The van der Waals surface area contributed by atoms with Gasteiger partial charge in [0.1, 0.15) is 40.4 Å². The Hall–Kier alpha value is -2.84. The van der Waals surface area contributed by atoms with Crippen molar-refractivity contribution in [2.24, 2.45) is 0 Å². The van der Waals surface area contributed by atoms with Gasteiger partial charge in [0.25, 0.3) is 0 Å². The fraction of sp³-hybridized carbons (Fsp3) is 0.167. The number of esters is 1. The van der Waals surface area contributed by atoms with E-state index in [1.807, 2.05) is 0 Å². The first kappa shape index (κ1) is 19.5. The topological polar surface area (TPSA) is 102 Å². The number of benzene rings is 2. The minimum absolute atomic E-state index is 0.138. The van der Waals surface area contributed by atoms with Crippen LogP contribution < -0.4 is 9.47 Å². The summed E-state index contributed by atoms with van der Waals surface area (Å²) in [4.78, 5) is 11.5. The van der Waals surface area contributed by atoms with Gasteiger partial charge in [0.2, 0.25) is 0 Å². The average Bonchev–Trinajstić information content (AvgIpc) is 2.64. The van der Waals surface area contributed by atoms with Crippen LogP contribution in [0.5, 0.6) is 11.5 Å². The van der Waals surface area contributed by atoms with Crippen LogP contribution >= 0.6 is 0 Å². The number of carbonyl (C=O) groups excluding carboxylic acids is 1. The Morgan fingerprint density at radius 3 is 2.35 bits per heavy atom. The van der Waals surface area contributed by atoms with E-state index in [4.69, 9.17) is 14.2 Å². The molecule has 138 valence electrons. The van der Waals surface area contributed by atoms with Crippen molar-refractivity contribution in [1.82, 2.24) is 0 Å². The molecule has 2 aromatic rings. The van der Waals surface area contributed by atoms with Crippen molar-refractivity contribution in [2.45, 2.75) is 4.90 Å². The number of hydrogen-bond acceptors (Lipinski definition) is 7. The fourth-order valence-corrected chi connectivity index (χ4v) is 2.55. The molecule has 0 aliphatic rings. The standard InChI is InChI=1S/C18H18O7S/c1-3-13-4-9-17(16(12-13)18(19)23-2)25-11-10-24-14-5-7-15(8-6-14)26(20,21)22/h3-9,12H,1,10-11H2,2H3,(H,20,21,22)/p-1. The first-order valence-corrected chi connectivity index (χ1v) is 8.92. The summed E-state index contributed by atoms with van der Waals surface area (Å²) >= 11 is 0. The van der Waals surface area contributed by atoms with Crippen LogP contribution in [0, 0.1) is 0 Å².